The van der Waals surface area contributed by atoms with Crippen LogP contribution < -0.4 is 10.6 Å². The lowest BCUT2D eigenvalue weighted by Crippen LogP contribution is -2.65. The summed E-state index contributed by atoms with van der Waals surface area (Å²) in [5.41, 5.74) is 4.36. The van der Waals surface area contributed by atoms with Crippen molar-refractivity contribution in [2.45, 2.75) is 37.3 Å². The summed E-state index contributed by atoms with van der Waals surface area (Å²) in [5.74, 6) is -6.93. The van der Waals surface area contributed by atoms with Gasteiger partial charge in [-0.05, 0) is 74.5 Å². The Labute approximate surface area is 236 Å². The molecule has 4 aliphatic rings. The molecule has 1 saturated carbocycles. The Morgan fingerprint density at radius 1 is 1.15 bits per heavy atom. The van der Waals surface area contributed by atoms with Crippen LogP contribution in [-0.2, 0) is 25.6 Å². The van der Waals surface area contributed by atoms with Crippen LogP contribution in [0.25, 0.3) is 11.3 Å². The molecule has 4 aliphatic carbocycles. The van der Waals surface area contributed by atoms with E-state index in [2.05, 4.69) is 0 Å². The number of phenols is 1. The number of fused-ring (bicyclic) bond motifs is 3. The Bertz CT molecular complexity index is 1550. The maximum atomic E-state index is 14.1. The molecule has 0 bridgehead atoms. The zero-order chi connectivity index (χ0) is 30.1. The van der Waals surface area contributed by atoms with Crippen LogP contribution in [-0.4, -0.2) is 88.9 Å². The predicted octanol–water partition coefficient (Wildman–Crippen LogP) is 1.33. The molecule has 11 heteroatoms. The summed E-state index contributed by atoms with van der Waals surface area (Å²) in [6.45, 7) is 0. The number of ketones is 2. The van der Waals surface area contributed by atoms with Crippen molar-refractivity contribution < 1.29 is 39.6 Å². The van der Waals surface area contributed by atoms with Crippen LogP contribution in [0.1, 0.15) is 36.0 Å². The minimum atomic E-state index is -2.70. The highest BCUT2D eigenvalue weighted by Crippen LogP contribution is 2.54. The smallest absolute Gasteiger partial charge is 0.255 e. The molecule has 0 aliphatic heterocycles. The first-order valence-corrected chi connectivity index (χ1v) is 13.3. The van der Waals surface area contributed by atoms with Crippen molar-refractivity contribution in [1.82, 2.24) is 4.90 Å². The van der Waals surface area contributed by atoms with Crippen molar-refractivity contribution in [1.29, 1.82) is 0 Å². The first-order valence-electron chi connectivity index (χ1n) is 13.3. The number of aliphatic hydroxyl groups is 3. The number of aliphatic hydroxyl groups excluding tert-OH is 2. The maximum absolute atomic E-state index is 14.1. The Kier molecular flexibility index (Phi) is 6.70. The number of aromatic hydroxyl groups is 1. The Balaban J connectivity index is 1.76. The number of carbonyl (C=O) groups is 4. The molecule has 0 heterocycles. The number of hydrogen-bond acceptors (Lipinski definition) is 10. The Morgan fingerprint density at radius 3 is 2.41 bits per heavy atom. The van der Waals surface area contributed by atoms with Gasteiger partial charge in [-0.25, -0.2) is 0 Å². The van der Waals surface area contributed by atoms with E-state index in [0.717, 1.165) is 6.29 Å². The van der Waals surface area contributed by atoms with E-state index in [1.807, 2.05) is 11.0 Å². The van der Waals surface area contributed by atoms with Crippen LogP contribution >= 0.6 is 0 Å². The number of amides is 1. The zero-order valence-corrected chi connectivity index (χ0v) is 23.3. The number of hydrogen-bond donors (Lipinski definition) is 5. The van der Waals surface area contributed by atoms with Gasteiger partial charge >= 0.3 is 0 Å². The average Bonchev–Trinajstić information content (AvgIpc) is 2.90. The van der Waals surface area contributed by atoms with Gasteiger partial charge in [-0.15, -0.1) is 0 Å². The number of benzene rings is 1. The molecule has 6 N–H and O–H groups in total. The van der Waals surface area contributed by atoms with E-state index in [1.165, 1.54) is 4.90 Å². The zero-order valence-electron chi connectivity index (χ0n) is 23.3. The summed E-state index contributed by atoms with van der Waals surface area (Å²) in [7, 11) is 6.72. The Morgan fingerprint density at radius 2 is 1.83 bits per heavy atom. The average molecular weight is 564 g/mol. The molecule has 4 atom stereocenters. The van der Waals surface area contributed by atoms with E-state index < -0.39 is 58.0 Å². The molecule has 0 aromatic heterocycles. The molecule has 1 aromatic carbocycles. The molecule has 41 heavy (non-hydrogen) atoms. The second-order valence-corrected chi connectivity index (χ2v) is 11.5. The second-order valence-electron chi connectivity index (χ2n) is 11.5. The van der Waals surface area contributed by atoms with Gasteiger partial charge in [0.05, 0.1) is 11.6 Å². The largest absolute Gasteiger partial charge is 0.508 e. The van der Waals surface area contributed by atoms with E-state index >= 15 is 0 Å². The summed E-state index contributed by atoms with van der Waals surface area (Å²) in [5, 5.41) is 45.9. The third kappa shape index (κ3) is 3.94. The van der Waals surface area contributed by atoms with Crippen molar-refractivity contribution in [3.63, 3.8) is 0 Å². The molecule has 11 nitrogen and oxygen atoms in total. The molecular weight excluding hydrogens is 530 g/mol. The van der Waals surface area contributed by atoms with Crippen molar-refractivity contribution in [3.8, 4) is 5.75 Å². The lowest BCUT2D eigenvalue weighted by Gasteiger charge is -2.50. The van der Waals surface area contributed by atoms with Crippen LogP contribution in [0, 0.1) is 11.8 Å². The van der Waals surface area contributed by atoms with Gasteiger partial charge in [-0.3, -0.25) is 24.1 Å². The van der Waals surface area contributed by atoms with E-state index in [9.17, 15) is 39.6 Å². The van der Waals surface area contributed by atoms with Gasteiger partial charge in [-0.2, -0.15) is 0 Å². The molecule has 1 aromatic rings. The second kappa shape index (κ2) is 9.71. The van der Waals surface area contributed by atoms with Gasteiger partial charge in [0.2, 0.25) is 5.78 Å². The summed E-state index contributed by atoms with van der Waals surface area (Å²) in [6.07, 6.45) is 5.63. The number of nitrogens with two attached hydrogens (primary N) is 1. The third-order valence-electron chi connectivity index (χ3n) is 8.78. The Hall–Kier alpha value is -4.22. The van der Waals surface area contributed by atoms with Crippen molar-refractivity contribution in [3.05, 3.63) is 57.4 Å². The van der Waals surface area contributed by atoms with Crippen LogP contribution in [0.4, 0.5) is 5.69 Å². The first-order chi connectivity index (χ1) is 19.2. The number of aldehydes is 1. The molecule has 1 fully saturated rings. The number of phenolic OH excluding ortho intramolecular Hbond substituents is 1. The van der Waals surface area contributed by atoms with Gasteiger partial charge in [0.25, 0.3) is 5.91 Å². The van der Waals surface area contributed by atoms with Gasteiger partial charge in [0, 0.05) is 36.8 Å². The van der Waals surface area contributed by atoms with E-state index in [0.29, 0.717) is 40.8 Å². The summed E-state index contributed by atoms with van der Waals surface area (Å²) < 4.78 is 0. The lowest BCUT2D eigenvalue weighted by molar-refractivity contribution is -0.153. The fraction of sp³-hybridized carbons (Fsp3) is 0.400. The SMILES string of the molecule is CN(C)c1cc(C2=CCCC(C=O)=C2)c(O)c2c1C[C@H]1C[C@H]3[C@H](N(C)C)C(=O)C(C(N)=O)=C(O)[C@@]3(O)C(=O)C1=C2O. The normalized spacial score (nSPS) is 27.6. The summed E-state index contributed by atoms with van der Waals surface area (Å²) in [4.78, 5) is 54.2. The highest BCUT2D eigenvalue weighted by Gasteiger charge is 2.64. The molecule has 5 rings (SSSR count). The fourth-order valence-corrected chi connectivity index (χ4v) is 6.92. The van der Waals surface area contributed by atoms with Gasteiger partial charge in [-0.1, -0.05) is 6.08 Å². The maximum Gasteiger partial charge on any atom is 0.255 e. The van der Waals surface area contributed by atoms with Crippen molar-refractivity contribution >= 4 is 40.8 Å². The van der Waals surface area contributed by atoms with E-state index in [1.54, 1.807) is 40.3 Å². The highest BCUT2D eigenvalue weighted by molar-refractivity contribution is 6.24. The molecular formula is C30H33N3O8. The monoisotopic (exact) mass is 563 g/mol. The molecule has 0 spiro atoms. The highest BCUT2D eigenvalue weighted by atomic mass is 16.3. The predicted molar refractivity (Wildman–Crippen MR) is 150 cm³/mol. The molecule has 1 amide bonds. The number of Topliss-reactive ketones (excluding diaryl/α,β-unsaturated/α-hetero) is 2. The summed E-state index contributed by atoms with van der Waals surface area (Å²) in [6, 6.07) is 0.623. The molecule has 216 valence electrons. The van der Waals surface area contributed by atoms with Gasteiger partial charge in [0.1, 0.15) is 29.1 Å². The molecule has 0 saturated heterocycles. The van der Waals surface area contributed by atoms with Gasteiger partial charge < -0.3 is 31.1 Å². The first kappa shape index (κ1) is 28.3. The van der Waals surface area contributed by atoms with Crippen LogP contribution in [0.15, 0.2) is 40.7 Å². The van der Waals surface area contributed by atoms with Gasteiger partial charge in [0.15, 0.2) is 11.4 Å². The number of anilines is 1. The summed E-state index contributed by atoms with van der Waals surface area (Å²) >= 11 is 0. The van der Waals surface area contributed by atoms with Crippen LogP contribution in [0.2, 0.25) is 0 Å². The lowest BCUT2D eigenvalue weighted by atomic mass is 9.57. The molecule has 0 radical (unpaired) electrons. The molecule has 0 unspecified atom stereocenters. The van der Waals surface area contributed by atoms with Crippen LogP contribution in [0.5, 0.6) is 5.75 Å². The minimum absolute atomic E-state index is 0.00927. The number of likely N-dealkylation sites (N-methyl/N-ethyl adjacent to an activating group) is 1. The third-order valence-corrected chi connectivity index (χ3v) is 8.78. The van der Waals surface area contributed by atoms with Crippen molar-refractivity contribution in [2.24, 2.45) is 17.6 Å². The minimum Gasteiger partial charge on any atom is -0.508 e. The van der Waals surface area contributed by atoms with Crippen LogP contribution in [0.3, 0.4) is 0 Å². The number of primary amides is 1. The standard InChI is InChI=1S/C30H33N3O8/c1-32(2)19-11-16(14-7-5-6-13(8-14)12-34)24(35)21-17(19)9-15-10-18-23(33(3)4)26(37)22(29(31)40)28(39)30(18,41)27(38)20(15)25(21)36/h7-8,11-12,15,18,23,35-36,39,41H,5-6,9-10H2,1-4H3,(H2,31,40)/t15-,18-,23-,30-/m0/s1. The number of carbonyl (C=O) groups excluding carboxylic acids is 4. The quantitative estimate of drug-likeness (QED) is 0.259. The topological polar surface area (TPSA) is 182 Å². The fourth-order valence-electron chi connectivity index (χ4n) is 6.92. The van der Waals surface area contributed by atoms with E-state index in [-0.39, 0.29) is 29.7 Å². The number of rotatable bonds is 5. The number of allylic oxidation sites excluding steroid dienone is 4. The number of nitrogens with zero attached hydrogens (tertiary/aromatic N) is 2. The van der Waals surface area contributed by atoms with Crippen molar-refractivity contribution in [2.75, 3.05) is 33.1 Å². The van der Waals surface area contributed by atoms with E-state index in [4.69, 9.17) is 5.73 Å².